The zero-order valence-corrected chi connectivity index (χ0v) is 10.1. The van der Waals surface area contributed by atoms with E-state index < -0.39 is 0 Å². The zero-order chi connectivity index (χ0) is 12.0. The van der Waals surface area contributed by atoms with Gasteiger partial charge in [0, 0.05) is 19.3 Å². The van der Waals surface area contributed by atoms with E-state index in [4.69, 9.17) is 28.3 Å². The maximum Gasteiger partial charge on any atom is 0.252 e. The van der Waals surface area contributed by atoms with E-state index in [1.165, 1.54) is 12.3 Å². The van der Waals surface area contributed by atoms with Gasteiger partial charge in [0.2, 0.25) is 0 Å². The number of pyridine rings is 1. The van der Waals surface area contributed by atoms with Crippen molar-refractivity contribution >= 4 is 29.1 Å². The van der Waals surface area contributed by atoms with Crippen molar-refractivity contribution in [1.82, 2.24) is 10.3 Å². The van der Waals surface area contributed by atoms with Crippen LogP contribution in [0.3, 0.4) is 0 Å². The van der Waals surface area contributed by atoms with Crippen LogP contribution in [-0.4, -0.2) is 29.1 Å². The van der Waals surface area contributed by atoms with E-state index in [9.17, 15) is 4.79 Å². The Hall–Kier alpha value is -0.840. The minimum absolute atomic E-state index is 0.129. The molecule has 0 saturated carbocycles. The van der Waals surface area contributed by atoms with Crippen LogP contribution in [0.2, 0.25) is 10.2 Å². The summed E-state index contributed by atoms with van der Waals surface area (Å²) in [5.41, 5.74) is 0.374. The van der Waals surface area contributed by atoms with Crippen LogP contribution in [0.15, 0.2) is 12.3 Å². The van der Waals surface area contributed by atoms with Crippen LogP contribution >= 0.6 is 23.2 Å². The summed E-state index contributed by atoms with van der Waals surface area (Å²) < 4.78 is 0. The molecule has 4 nitrogen and oxygen atoms in total. The van der Waals surface area contributed by atoms with Gasteiger partial charge in [-0.3, -0.25) is 4.79 Å². The van der Waals surface area contributed by atoms with Crippen molar-refractivity contribution in [3.8, 4) is 0 Å². The van der Waals surface area contributed by atoms with E-state index >= 15 is 0 Å². The number of hydrogen-bond donors (Lipinski definition) is 2. The van der Waals surface area contributed by atoms with Crippen molar-refractivity contribution < 1.29 is 9.90 Å². The summed E-state index contributed by atoms with van der Waals surface area (Å²) in [6, 6.07) is 1.47. The quantitative estimate of drug-likeness (QED) is 0.630. The lowest BCUT2D eigenvalue weighted by Gasteiger charge is -2.04. The molecule has 2 N–H and O–H groups in total. The van der Waals surface area contributed by atoms with E-state index in [0.717, 1.165) is 6.42 Å². The molecular formula is C10H12Cl2N2O2. The third kappa shape index (κ3) is 3.96. The fourth-order valence-electron chi connectivity index (χ4n) is 1.09. The molecule has 0 aliphatic carbocycles. The Kier molecular flexibility index (Phi) is 5.52. The summed E-state index contributed by atoms with van der Waals surface area (Å²) in [5.74, 6) is -0.246. The normalized spacial score (nSPS) is 10.2. The topological polar surface area (TPSA) is 62.2 Å². The third-order valence-electron chi connectivity index (χ3n) is 1.93. The molecule has 1 rings (SSSR count). The fraction of sp³-hybridized carbons (Fsp3) is 0.400. The fourth-order valence-corrected chi connectivity index (χ4v) is 1.36. The van der Waals surface area contributed by atoms with Gasteiger partial charge < -0.3 is 10.4 Å². The summed E-state index contributed by atoms with van der Waals surface area (Å²) in [4.78, 5) is 15.3. The van der Waals surface area contributed by atoms with E-state index in [0.29, 0.717) is 18.5 Å². The standard InChI is InChI=1S/C10H12Cl2N2O2/c11-8-5-7(6-14-9(8)12)10(16)13-3-1-2-4-15/h5-6,15H,1-4H2,(H,13,16). The highest BCUT2D eigenvalue weighted by Gasteiger charge is 2.08. The second-order valence-corrected chi connectivity index (χ2v) is 3.95. The predicted octanol–water partition coefficient (Wildman–Crippen LogP) is 1.89. The molecule has 0 radical (unpaired) electrons. The van der Waals surface area contributed by atoms with Crippen LogP contribution in [0.1, 0.15) is 23.2 Å². The Morgan fingerprint density at radius 1 is 1.44 bits per heavy atom. The van der Waals surface area contributed by atoms with Gasteiger partial charge in [-0.2, -0.15) is 0 Å². The molecule has 0 aromatic carbocycles. The average Bonchev–Trinajstić information content (AvgIpc) is 2.28. The number of carbonyl (C=O) groups is 1. The van der Waals surface area contributed by atoms with Gasteiger partial charge in [0.05, 0.1) is 10.6 Å². The Labute approximate surface area is 104 Å². The number of nitrogens with zero attached hydrogens (tertiary/aromatic N) is 1. The summed E-state index contributed by atoms with van der Waals surface area (Å²) in [6.45, 7) is 0.643. The number of hydrogen-bond acceptors (Lipinski definition) is 3. The minimum Gasteiger partial charge on any atom is -0.396 e. The number of unbranched alkanes of at least 4 members (excludes halogenated alkanes) is 1. The van der Waals surface area contributed by atoms with Crippen molar-refractivity contribution in [2.45, 2.75) is 12.8 Å². The molecular weight excluding hydrogens is 251 g/mol. The summed E-state index contributed by atoms with van der Waals surface area (Å²) in [6.07, 6.45) is 2.77. The van der Waals surface area contributed by atoms with Crippen molar-refractivity contribution in [3.05, 3.63) is 28.0 Å². The van der Waals surface area contributed by atoms with E-state index in [2.05, 4.69) is 10.3 Å². The van der Waals surface area contributed by atoms with Crippen molar-refractivity contribution in [1.29, 1.82) is 0 Å². The Morgan fingerprint density at radius 2 is 2.19 bits per heavy atom. The second kappa shape index (κ2) is 6.68. The number of rotatable bonds is 5. The predicted molar refractivity (Wildman–Crippen MR) is 62.9 cm³/mol. The minimum atomic E-state index is -0.246. The van der Waals surface area contributed by atoms with Crippen LogP contribution < -0.4 is 5.32 Å². The molecule has 0 atom stereocenters. The molecule has 6 heteroatoms. The van der Waals surface area contributed by atoms with Crippen molar-refractivity contribution in [3.63, 3.8) is 0 Å². The first-order chi connectivity index (χ1) is 7.65. The average molecular weight is 263 g/mol. The van der Waals surface area contributed by atoms with Gasteiger partial charge in [-0.15, -0.1) is 0 Å². The van der Waals surface area contributed by atoms with E-state index in [1.54, 1.807) is 0 Å². The molecule has 88 valence electrons. The number of carbonyl (C=O) groups excluding carboxylic acids is 1. The molecule has 1 aromatic rings. The van der Waals surface area contributed by atoms with Crippen LogP contribution in [0.25, 0.3) is 0 Å². The van der Waals surface area contributed by atoms with Crippen LogP contribution in [0, 0.1) is 0 Å². The number of aliphatic hydroxyl groups is 1. The first-order valence-electron chi connectivity index (χ1n) is 4.85. The Bertz CT molecular complexity index is 372. The van der Waals surface area contributed by atoms with Gasteiger partial charge in [0.15, 0.2) is 0 Å². The maximum absolute atomic E-state index is 11.6. The zero-order valence-electron chi connectivity index (χ0n) is 8.54. The van der Waals surface area contributed by atoms with Gasteiger partial charge in [-0.25, -0.2) is 4.98 Å². The number of nitrogens with one attached hydrogen (secondary N) is 1. The molecule has 0 fully saturated rings. The Morgan fingerprint density at radius 3 is 2.81 bits per heavy atom. The molecule has 1 aromatic heterocycles. The Balaban J connectivity index is 2.50. The molecule has 0 spiro atoms. The SMILES string of the molecule is O=C(NCCCCO)c1cnc(Cl)c(Cl)c1. The molecule has 0 saturated heterocycles. The first kappa shape index (κ1) is 13.2. The van der Waals surface area contributed by atoms with Gasteiger partial charge in [-0.05, 0) is 18.9 Å². The van der Waals surface area contributed by atoms with E-state index in [1.807, 2.05) is 0 Å². The molecule has 1 heterocycles. The first-order valence-corrected chi connectivity index (χ1v) is 5.61. The van der Waals surface area contributed by atoms with Gasteiger partial charge in [0.25, 0.3) is 5.91 Å². The van der Waals surface area contributed by atoms with Crippen molar-refractivity contribution in [2.75, 3.05) is 13.2 Å². The van der Waals surface area contributed by atoms with Gasteiger partial charge in [0.1, 0.15) is 5.15 Å². The highest BCUT2D eigenvalue weighted by molar-refractivity contribution is 6.41. The molecule has 0 aliphatic heterocycles. The summed E-state index contributed by atoms with van der Waals surface area (Å²) in [5, 5.41) is 11.7. The number of amides is 1. The number of aromatic nitrogens is 1. The monoisotopic (exact) mass is 262 g/mol. The highest BCUT2D eigenvalue weighted by Crippen LogP contribution is 2.19. The largest absolute Gasteiger partial charge is 0.396 e. The summed E-state index contributed by atoms with van der Waals surface area (Å²) >= 11 is 11.4. The lowest BCUT2D eigenvalue weighted by molar-refractivity contribution is 0.0951. The van der Waals surface area contributed by atoms with Gasteiger partial charge >= 0.3 is 0 Å². The van der Waals surface area contributed by atoms with E-state index in [-0.39, 0.29) is 22.7 Å². The molecule has 0 aliphatic rings. The molecule has 0 bridgehead atoms. The lowest BCUT2D eigenvalue weighted by atomic mass is 10.2. The number of aliphatic hydroxyl groups excluding tert-OH is 1. The third-order valence-corrected chi connectivity index (χ3v) is 2.61. The maximum atomic E-state index is 11.6. The molecule has 1 amide bonds. The smallest absolute Gasteiger partial charge is 0.252 e. The molecule has 16 heavy (non-hydrogen) atoms. The van der Waals surface area contributed by atoms with Gasteiger partial charge in [-0.1, -0.05) is 23.2 Å². The summed E-state index contributed by atoms with van der Waals surface area (Å²) in [7, 11) is 0. The second-order valence-electron chi connectivity index (χ2n) is 3.18. The highest BCUT2D eigenvalue weighted by atomic mass is 35.5. The number of halogens is 2. The molecule has 0 unspecified atom stereocenters. The van der Waals surface area contributed by atoms with Crippen LogP contribution in [0.4, 0.5) is 0 Å². The van der Waals surface area contributed by atoms with Crippen LogP contribution in [0.5, 0.6) is 0 Å². The van der Waals surface area contributed by atoms with Crippen LogP contribution in [-0.2, 0) is 0 Å². The van der Waals surface area contributed by atoms with Crippen molar-refractivity contribution in [2.24, 2.45) is 0 Å². The lowest BCUT2D eigenvalue weighted by Crippen LogP contribution is -2.24.